The first kappa shape index (κ1) is 18.9. The van der Waals surface area contributed by atoms with E-state index in [0.29, 0.717) is 5.01 Å². The van der Waals surface area contributed by atoms with Gasteiger partial charge in [-0.3, -0.25) is 4.79 Å². The molecule has 0 fully saturated rings. The molecule has 0 aliphatic carbocycles. The minimum Gasteiger partial charge on any atom is -0.478 e. The van der Waals surface area contributed by atoms with Gasteiger partial charge in [-0.15, -0.1) is 22.7 Å². The summed E-state index contributed by atoms with van der Waals surface area (Å²) in [6.45, 7) is 2.67. The smallest absolute Gasteiger partial charge is 0.350 e. The van der Waals surface area contributed by atoms with Gasteiger partial charge in [0.05, 0.1) is 16.6 Å². The van der Waals surface area contributed by atoms with Crippen molar-refractivity contribution in [2.45, 2.75) is 25.9 Å². The van der Waals surface area contributed by atoms with E-state index in [1.165, 1.54) is 25.2 Å². The number of fused-ring (bicyclic) bond motifs is 1. The SMILES string of the molecule is CC(C)(O/N=C(\C(=O)Cc1nc2ccccc2s1)c1csc(N)n1)C(=O)O. The first-order valence-corrected chi connectivity index (χ1v) is 9.54. The van der Waals surface area contributed by atoms with E-state index in [9.17, 15) is 9.59 Å². The molecule has 0 unspecified atom stereocenters. The van der Waals surface area contributed by atoms with Crippen LogP contribution in [-0.2, 0) is 20.8 Å². The maximum Gasteiger partial charge on any atom is 0.350 e. The van der Waals surface area contributed by atoms with Gasteiger partial charge in [-0.2, -0.15) is 0 Å². The zero-order valence-electron chi connectivity index (χ0n) is 14.5. The predicted molar refractivity (Wildman–Crippen MR) is 104 cm³/mol. The summed E-state index contributed by atoms with van der Waals surface area (Å²) in [7, 11) is 0. The Labute approximate surface area is 162 Å². The molecule has 140 valence electrons. The first-order valence-electron chi connectivity index (χ1n) is 7.85. The number of carboxylic acids is 1. The number of aliphatic carboxylic acids is 1. The Kier molecular flexibility index (Phi) is 5.19. The Morgan fingerprint density at radius 1 is 1.30 bits per heavy atom. The summed E-state index contributed by atoms with van der Waals surface area (Å²) in [6.07, 6.45) is -0.00747. The Morgan fingerprint density at radius 3 is 2.67 bits per heavy atom. The molecule has 8 nitrogen and oxygen atoms in total. The number of nitrogens with two attached hydrogens (primary N) is 1. The zero-order chi connectivity index (χ0) is 19.6. The molecule has 1 aromatic carbocycles. The van der Waals surface area contributed by atoms with Crippen LogP contribution in [0.4, 0.5) is 5.13 Å². The topological polar surface area (TPSA) is 128 Å². The van der Waals surface area contributed by atoms with Crippen LogP contribution in [0, 0.1) is 0 Å². The third-order valence-electron chi connectivity index (χ3n) is 3.56. The molecule has 2 aromatic heterocycles. The number of carbonyl (C=O) groups is 2. The largest absolute Gasteiger partial charge is 0.478 e. The second-order valence-electron chi connectivity index (χ2n) is 6.09. The van der Waals surface area contributed by atoms with Gasteiger partial charge in [0.15, 0.2) is 16.6 Å². The van der Waals surface area contributed by atoms with Gasteiger partial charge in [-0.1, -0.05) is 17.3 Å². The second-order valence-corrected chi connectivity index (χ2v) is 8.10. The molecule has 0 atom stereocenters. The number of ketones is 1. The van der Waals surface area contributed by atoms with Crippen molar-refractivity contribution < 1.29 is 19.5 Å². The van der Waals surface area contributed by atoms with Crippen molar-refractivity contribution in [3.05, 3.63) is 40.3 Å². The van der Waals surface area contributed by atoms with Crippen LogP contribution < -0.4 is 5.73 Å². The monoisotopic (exact) mass is 404 g/mol. The highest BCUT2D eigenvalue weighted by Gasteiger charge is 2.31. The maximum absolute atomic E-state index is 12.8. The Balaban J connectivity index is 1.89. The van der Waals surface area contributed by atoms with E-state index in [1.54, 1.807) is 5.38 Å². The average molecular weight is 404 g/mol. The third kappa shape index (κ3) is 4.29. The number of carboxylic acid groups (broad SMARTS) is 1. The summed E-state index contributed by atoms with van der Waals surface area (Å²) in [6, 6.07) is 7.57. The molecular formula is C17H16N4O4S2. The maximum atomic E-state index is 12.8. The molecule has 3 N–H and O–H groups in total. The summed E-state index contributed by atoms with van der Waals surface area (Å²) >= 11 is 2.56. The summed E-state index contributed by atoms with van der Waals surface area (Å²) in [5, 5.41) is 15.4. The lowest BCUT2D eigenvalue weighted by atomic mass is 10.1. The molecule has 3 aromatic rings. The van der Waals surface area contributed by atoms with Crippen molar-refractivity contribution in [2.75, 3.05) is 5.73 Å². The fraction of sp³-hybridized carbons (Fsp3) is 0.235. The number of aromatic nitrogens is 2. The molecule has 3 rings (SSSR count). The van der Waals surface area contributed by atoms with Gasteiger partial charge in [0, 0.05) is 5.38 Å². The van der Waals surface area contributed by atoms with E-state index in [2.05, 4.69) is 15.1 Å². The number of hydrogen-bond acceptors (Lipinski definition) is 9. The number of Topliss-reactive ketones (excluding diaryl/α,β-unsaturated/α-hetero) is 1. The zero-order valence-corrected chi connectivity index (χ0v) is 16.1. The molecule has 27 heavy (non-hydrogen) atoms. The summed E-state index contributed by atoms with van der Waals surface area (Å²) in [5.74, 6) is -1.59. The highest BCUT2D eigenvalue weighted by Crippen LogP contribution is 2.23. The highest BCUT2D eigenvalue weighted by molar-refractivity contribution is 7.18. The molecule has 0 bridgehead atoms. The quantitative estimate of drug-likeness (QED) is 0.458. The molecule has 0 aliphatic rings. The van der Waals surface area contributed by atoms with E-state index >= 15 is 0 Å². The van der Waals surface area contributed by atoms with E-state index in [1.807, 2.05) is 24.3 Å². The van der Waals surface area contributed by atoms with Gasteiger partial charge in [0.2, 0.25) is 5.60 Å². The van der Waals surface area contributed by atoms with Crippen molar-refractivity contribution in [3.63, 3.8) is 0 Å². The van der Waals surface area contributed by atoms with Crippen molar-refractivity contribution in [3.8, 4) is 0 Å². The number of benzene rings is 1. The number of nitrogen functional groups attached to an aromatic ring is 1. The molecule has 0 saturated carbocycles. The highest BCUT2D eigenvalue weighted by atomic mass is 32.1. The lowest BCUT2D eigenvalue weighted by molar-refractivity contribution is -0.161. The van der Waals surface area contributed by atoms with E-state index in [-0.39, 0.29) is 28.7 Å². The van der Waals surface area contributed by atoms with Crippen molar-refractivity contribution in [2.24, 2.45) is 5.16 Å². The molecule has 2 heterocycles. The van der Waals surface area contributed by atoms with E-state index < -0.39 is 11.6 Å². The van der Waals surface area contributed by atoms with Crippen LogP contribution in [0.15, 0.2) is 34.8 Å². The third-order valence-corrected chi connectivity index (χ3v) is 5.27. The number of rotatable bonds is 7. The lowest BCUT2D eigenvalue weighted by Gasteiger charge is -2.16. The molecule has 0 amide bonds. The molecule has 0 saturated heterocycles. The number of thiazole rings is 2. The van der Waals surface area contributed by atoms with Crippen molar-refractivity contribution in [1.29, 1.82) is 0 Å². The summed E-state index contributed by atoms with van der Waals surface area (Å²) in [4.78, 5) is 37.6. The summed E-state index contributed by atoms with van der Waals surface area (Å²) < 4.78 is 0.972. The van der Waals surface area contributed by atoms with E-state index in [0.717, 1.165) is 21.6 Å². The van der Waals surface area contributed by atoms with Gasteiger partial charge in [-0.05, 0) is 26.0 Å². The molecule has 10 heteroatoms. The van der Waals surface area contributed by atoms with E-state index in [4.69, 9.17) is 15.7 Å². The van der Waals surface area contributed by atoms with Gasteiger partial charge in [-0.25, -0.2) is 14.8 Å². The van der Waals surface area contributed by atoms with Crippen LogP contribution in [-0.4, -0.2) is 38.1 Å². The lowest BCUT2D eigenvalue weighted by Crippen LogP contribution is -2.34. The molecular weight excluding hydrogens is 388 g/mol. The Hall–Kier alpha value is -2.85. The number of carbonyl (C=O) groups excluding carboxylic acids is 1. The van der Waals surface area contributed by atoms with Crippen LogP contribution in [0.3, 0.4) is 0 Å². The van der Waals surface area contributed by atoms with Crippen LogP contribution in [0.1, 0.15) is 24.5 Å². The van der Waals surface area contributed by atoms with Gasteiger partial charge in [0.1, 0.15) is 10.7 Å². The molecule has 0 aliphatic heterocycles. The number of nitrogens with zero attached hydrogens (tertiary/aromatic N) is 3. The number of anilines is 1. The van der Waals surface area contributed by atoms with Crippen LogP contribution >= 0.6 is 22.7 Å². The van der Waals surface area contributed by atoms with Gasteiger partial charge in [0.25, 0.3) is 0 Å². The molecule has 0 spiro atoms. The fourth-order valence-electron chi connectivity index (χ4n) is 2.05. The number of hydrogen-bond donors (Lipinski definition) is 2. The Bertz CT molecular complexity index is 1010. The average Bonchev–Trinajstić information content (AvgIpc) is 3.20. The predicted octanol–water partition coefficient (Wildman–Crippen LogP) is 2.73. The fourth-order valence-corrected chi connectivity index (χ4v) is 3.57. The second kappa shape index (κ2) is 7.41. The van der Waals surface area contributed by atoms with Gasteiger partial charge < -0.3 is 15.7 Å². The first-order chi connectivity index (χ1) is 12.8. The van der Waals surface area contributed by atoms with Crippen molar-refractivity contribution in [1.82, 2.24) is 9.97 Å². The minimum atomic E-state index is -1.59. The Morgan fingerprint density at radius 2 is 2.04 bits per heavy atom. The van der Waals surface area contributed by atoms with Crippen LogP contribution in [0.5, 0.6) is 0 Å². The van der Waals surface area contributed by atoms with Gasteiger partial charge >= 0.3 is 5.97 Å². The standard InChI is InChI=1S/C17H16N4O4S2/c1-17(2,15(23)24)25-21-14(10-8-26-16(18)20-10)11(22)7-13-19-9-5-3-4-6-12(9)27-13/h3-6,8H,7H2,1-2H3,(H2,18,20)(H,23,24)/b21-14-. The van der Waals surface area contributed by atoms with Crippen LogP contribution in [0.25, 0.3) is 10.2 Å². The minimum absolute atomic E-state index is 0.00747. The molecule has 0 radical (unpaired) electrons. The normalized spacial score (nSPS) is 12.3. The number of para-hydroxylation sites is 1. The summed E-state index contributed by atoms with van der Waals surface area (Å²) in [5.41, 5.74) is 5.02. The van der Waals surface area contributed by atoms with Crippen LogP contribution in [0.2, 0.25) is 0 Å². The number of oxime groups is 1. The van der Waals surface area contributed by atoms with Crippen molar-refractivity contribution >= 4 is 55.5 Å².